The molecule has 0 bridgehead atoms. The van der Waals surface area contributed by atoms with Crippen LogP contribution in [0.5, 0.6) is 0 Å². The predicted octanol–water partition coefficient (Wildman–Crippen LogP) is 1.39. The number of carbonyl (C=O) groups excluding carboxylic acids is 1. The molecule has 5 nitrogen and oxygen atoms in total. The zero-order valence-corrected chi connectivity index (χ0v) is 11.0. The average Bonchev–Trinajstić information content (AvgIpc) is 2.55. The molecule has 1 saturated heterocycles. The molecule has 0 aromatic heterocycles. The Bertz CT molecular complexity index is 309. The topological polar surface area (TPSA) is 69.6 Å². The molecule has 2 amide bonds. The van der Waals surface area contributed by atoms with Gasteiger partial charge in [0.15, 0.2) is 0 Å². The number of nitrogens with zero attached hydrogens (tertiary/aromatic N) is 1. The van der Waals surface area contributed by atoms with E-state index in [0.717, 1.165) is 0 Å². The number of hydrogen-bond acceptors (Lipinski definition) is 2. The van der Waals surface area contributed by atoms with Gasteiger partial charge in [-0.05, 0) is 11.3 Å². The third-order valence-corrected chi connectivity index (χ3v) is 2.99. The molecular formula is C12H22N2O3. The highest BCUT2D eigenvalue weighted by Gasteiger charge is 2.36. The van der Waals surface area contributed by atoms with Gasteiger partial charge in [-0.15, -0.1) is 0 Å². The monoisotopic (exact) mass is 242 g/mol. The first kappa shape index (κ1) is 13.8. The van der Waals surface area contributed by atoms with Gasteiger partial charge < -0.3 is 15.3 Å². The summed E-state index contributed by atoms with van der Waals surface area (Å²) in [6, 6.07) is -0.157. The van der Waals surface area contributed by atoms with Gasteiger partial charge in [0, 0.05) is 19.6 Å². The molecule has 0 radical (unpaired) electrons. The Morgan fingerprint density at radius 2 is 1.94 bits per heavy atom. The first-order valence-electron chi connectivity index (χ1n) is 5.96. The number of carbonyl (C=O) groups is 2. The van der Waals surface area contributed by atoms with Gasteiger partial charge in [0.25, 0.3) is 0 Å². The Hall–Kier alpha value is -1.26. The van der Waals surface area contributed by atoms with Crippen molar-refractivity contribution in [3.8, 4) is 0 Å². The molecule has 98 valence electrons. The number of rotatable bonds is 2. The minimum atomic E-state index is -0.816. The molecule has 1 aliphatic heterocycles. The smallest absolute Gasteiger partial charge is 0.317 e. The lowest BCUT2D eigenvalue weighted by atomic mass is 9.97. The summed E-state index contributed by atoms with van der Waals surface area (Å²) >= 11 is 0. The van der Waals surface area contributed by atoms with E-state index < -0.39 is 11.9 Å². The predicted molar refractivity (Wildman–Crippen MR) is 64.7 cm³/mol. The van der Waals surface area contributed by atoms with Crippen LogP contribution in [0.15, 0.2) is 0 Å². The first-order chi connectivity index (χ1) is 7.70. The number of aliphatic carboxylic acids is 1. The summed E-state index contributed by atoms with van der Waals surface area (Å²) in [5, 5.41) is 11.8. The maximum absolute atomic E-state index is 11.8. The van der Waals surface area contributed by atoms with Crippen molar-refractivity contribution in [1.29, 1.82) is 0 Å². The summed E-state index contributed by atoms with van der Waals surface area (Å²) in [6.45, 7) is 9.42. The average molecular weight is 242 g/mol. The van der Waals surface area contributed by atoms with E-state index in [2.05, 4.69) is 5.32 Å². The van der Waals surface area contributed by atoms with Crippen LogP contribution in [0.1, 0.15) is 27.7 Å². The Morgan fingerprint density at radius 1 is 1.35 bits per heavy atom. The fourth-order valence-electron chi connectivity index (χ4n) is 1.91. The molecular weight excluding hydrogens is 220 g/mol. The summed E-state index contributed by atoms with van der Waals surface area (Å²) in [5.41, 5.74) is 0.0349. The van der Waals surface area contributed by atoms with Gasteiger partial charge in [0.2, 0.25) is 0 Å². The Kier molecular flexibility index (Phi) is 4.01. The number of carboxylic acids is 1. The summed E-state index contributed by atoms with van der Waals surface area (Å²) in [5.74, 6) is -1.23. The zero-order valence-electron chi connectivity index (χ0n) is 11.0. The van der Waals surface area contributed by atoms with Crippen molar-refractivity contribution in [1.82, 2.24) is 10.2 Å². The van der Waals surface area contributed by atoms with Crippen molar-refractivity contribution in [3.05, 3.63) is 0 Å². The van der Waals surface area contributed by atoms with E-state index in [1.54, 1.807) is 4.90 Å². The minimum Gasteiger partial charge on any atom is -0.481 e. The highest BCUT2D eigenvalue weighted by atomic mass is 16.4. The molecule has 1 aliphatic rings. The van der Waals surface area contributed by atoms with Crippen LogP contribution in [0.2, 0.25) is 0 Å². The van der Waals surface area contributed by atoms with E-state index in [9.17, 15) is 9.59 Å². The van der Waals surface area contributed by atoms with Crippen LogP contribution in [0.4, 0.5) is 4.79 Å². The second-order valence-electron chi connectivity index (χ2n) is 6.05. The van der Waals surface area contributed by atoms with Crippen LogP contribution in [-0.4, -0.2) is 41.6 Å². The normalized spacial score (nSPS) is 24.8. The van der Waals surface area contributed by atoms with Crippen molar-refractivity contribution in [2.24, 2.45) is 17.3 Å². The van der Waals surface area contributed by atoms with Gasteiger partial charge in [0.05, 0.1) is 5.92 Å². The van der Waals surface area contributed by atoms with Gasteiger partial charge in [-0.2, -0.15) is 0 Å². The first-order valence-corrected chi connectivity index (χ1v) is 5.96. The van der Waals surface area contributed by atoms with Crippen molar-refractivity contribution in [2.45, 2.75) is 27.7 Å². The molecule has 5 heteroatoms. The van der Waals surface area contributed by atoms with Crippen molar-refractivity contribution < 1.29 is 14.7 Å². The molecule has 0 aromatic carbocycles. The van der Waals surface area contributed by atoms with Gasteiger partial charge in [0.1, 0.15) is 0 Å². The molecule has 2 atom stereocenters. The molecule has 17 heavy (non-hydrogen) atoms. The Morgan fingerprint density at radius 3 is 2.35 bits per heavy atom. The minimum absolute atomic E-state index is 0.0212. The highest BCUT2D eigenvalue weighted by Crippen LogP contribution is 2.23. The Labute approximate surface area is 102 Å². The highest BCUT2D eigenvalue weighted by molar-refractivity contribution is 5.77. The SMILES string of the molecule is CC1CN(C(=O)NCC(C)(C)C)CC1C(=O)O. The number of urea groups is 1. The summed E-state index contributed by atoms with van der Waals surface area (Å²) in [6.07, 6.45) is 0. The third kappa shape index (κ3) is 3.91. The number of nitrogens with one attached hydrogen (secondary N) is 1. The van der Waals surface area contributed by atoms with Crippen LogP contribution in [0.25, 0.3) is 0 Å². The fraction of sp³-hybridized carbons (Fsp3) is 0.833. The van der Waals surface area contributed by atoms with Crippen molar-refractivity contribution in [2.75, 3.05) is 19.6 Å². The summed E-state index contributed by atoms with van der Waals surface area (Å²) in [4.78, 5) is 24.4. The lowest BCUT2D eigenvalue weighted by molar-refractivity contribution is -0.142. The van der Waals surface area contributed by atoms with E-state index in [0.29, 0.717) is 19.6 Å². The van der Waals surface area contributed by atoms with Gasteiger partial charge in [-0.3, -0.25) is 4.79 Å². The van der Waals surface area contributed by atoms with Crippen LogP contribution in [-0.2, 0) is 4.79 Å². The number of amides is 2. The van der Waals surface area contributed by atoms with E-state index >= 15 is 0 Å². The number of likely N-dealkylation sites (tertiary alicyclic amines) is 1. The van der Waals surface area contributed by atoms with E-state index in [1.165, 1.54) is 0 Å². The maximum atomic E-state index is 11.8. The summed E-state index contributed by atoms with van der Waals surface area (Å²) in [7, 11) is 0. The van der Waals surface area contributed by atoms with Gasteiger partial charge >= 0.3 is 12.0 Å². The van der Waals surface area contributed by atoms with Gasteiger partial charge in [-0.25, -0.2) is 4.79 Å². The van der Waals surface area contributed by atoms with Gasteiger partial charge in [-0.1, -0.05) is 27.7 Å². The third-order valence-electron chi connectivity index (χ3n) is 2.99. The molecule has 2 N–H and O–H groups in total. The molecule has 1 fully saturated rings. The van der Waals surface area contributed by atoms with Crippen LogP contribution in [0, 0.1) is 17.3 Å². The standard InChI is InChI=1S/C12H22N2O3/c1-8-5-14(6-9(8)10(15)16)11(17)13-7-12(2,3)4/h8-9H,5-7H2,1-4H3,(H,13,17)(H,15,16). The number of carboxylic acid groups (broad SMARTS) is 1. The van der Waals surface area contributed by atoms with Crippen LogP contribution in [0.3, 0.4) is 0 Å². The molecule has 0 saturated carbocycles. The van der Waals surface area contributed by atoms with Crippen molar-refractivity contribution in [3.63, 3.8) is 0 Å². The lowest BCUT2D eigenvalue weighted by Crippen LogP contribution is -2.42. The van der Waals surface area contributed by atoms with Crippen LogP contribution < -0.4 is 5.32 Å². The van der Waals surface area contributed by atoms with Crippen LogP contribution >= 0.6 is 0 Å². The molecule has 0 aromatic rings. The lowest BCUT2D eigenvalue weighted by Gasteiger charge is -2.22. The van der Waals surface area contributed by atoms with E-state index in [-0.39, 0.29) is 17.4 Å². The van der Waals surface area contributed by atoms with Crippen molar-refractivity contribution >= 4 is 12.0 Å². The molecule has 0 aliphatic carbocycles. The van der Waals surface area contributed by atoms with E-state index in [1.807, 2.05) is 27.7 Å². The molecule has 2 unspecified atom stereocenters. The largest absolute Gasteiger partial charge is 0.481 e. The molecule has 0 spiro atoms. The maximum Gasteiger partial charge on any atom is 0.317 e. The number of hydrogen-bond donors (Lipinski definition) is 2. The van der Waals surface area contributed by atoms with E-state index in [4.69, 9.17) is 5.11 Å². The zero-order chi connectivity index (χ0) is 13.2. The molecule has 1 heterocycles. The second kappa shape index (κ2) is 4.94. The molecule has 1 rings (SSSR count). The fourth-order valence-corrected chi connectivity index (χ4v) is 1.91. The quantitative estimate of drug-likeness (QED) is 0.769. The second-order valence-corrected chi connectivity index (χ2v) is 6.05. The summed E-state index contributed by atoms with van der Waals surface area (Å²) < 4.78 is 0. The Balaban J connectivity index is 2.48.